The van der Waals surface area contributed by atoms with Crippen molar-refractivity contribution in [2.24, 2.45) is 0 Å². The van der Waals surface area contributed by atoms with E-state index in [1.807, 2.05) is 30.3 Å². The van der Waals surface area contributed by atoms with Crippen molar-refractivity contribution < 1.29 is 9.18 Å². The first kappa shape index (κ1) is 18.1. The van der Waals surface area contributed by atoms with Crippen LogP contribution in [0.1, 0.15) is 6.92 Å². The summed E-state index contributed by atoms with van der Waals surface area (Å²) in [4.78, 5) is 21.2. The predicted molar refractivity (Wildman–Crippen MR) is 107 cm³/mol. The number of thioether (sulfide) groups is 1. The highest BCUT2D eigenvalue weighted by Gasteiger charge is 2.19. The molecule has 2 heterocycles. The molecule has 0 aliphatic rings. The van der Waals surface area contributed by atoms with Crippen LogP contribution in [0.4, 0.5) is 10.1 Å². The van der Waals surface area contributed by atoms with Crippen LogP contribution >= 0.6 is 11.8 Å². The van der Waals surface area contributed by atoms with Gasteiger partial charge >= 0.3 is 0 Å². The predicted octanol–water partition coefficient (Wildman–Crippen LogP) is 4.28. The van der Waals surface area contributed by atoms with Gasteiger partial charge in [-0.1, -0.05) is 30.0 Å². The number of carbonyl (C=O) groups is 1. The van der Waals surface area contributed by atoms with Crippen molar-refractivity contribution in [1.29, 1.82) is 0 Å². The van der Waals surface area contributed by atoms with E-state index >= 15 is 0 Å². The van der Waals surface area contributed by atoms with Crippen molar-refractivity contribution in [1.82, 2.24) is 20.2 Å². The highest BCUT2D eigenvalue weighted by atomic mass is 32.2. The number of aromatic amines is 1. The molecule has 0 fully saturated rings. The molecule has 0 aliphatic heterocycles. The van der Waals surface area contributed by atoms with E-state index in [0.717, 1.165) is 10.9 Å². The summed E-state index contributed by atoms with van der Waals surface area (Å²) in [5, 5.41) is 10.5. The summed E-state index contributed by atoms with van der Waals surface area (Å²) < 4.78 is 13.9. The number of hydrogen-bond donors (Lipinski definition) is 2. The summed E-state index contributed by atoms with van der Waals surface area (Å²) in [5.74, 6) is -0.238. The maximum Gasteiger partial charge on any atom is 0.237 e. The summed E-state index contributed by atoms with van der Waals surface area (Å²) in [7, 11) is 0. The van der Waals surface area contributed by atoms with Gasteiger partial charge in [0.1, 0.15) is 5.82 Å². The van der Waals surface area contributed by atoms with Crippen molar-refractivity contribution >= 4 is 34.3 Å². The number of anilines is 1. The number of fused-ring (bicyclic) bond motifs is 1. The Labute approximate surface area is 164 Å². The molecule has 2 aromatic heterocycles. The Bertz CT molecular complexity index is 1140. The summed E-state index contributed by atoms with van der Waals surface area (Å²) >= 11 is 1.19. The number of pyridine rings is 1. The zero-order chi connectivity index (χ0) is 19.5. The number of rotatable bonds is 5. The monoisotopic (exact) mass is 393 g/mol. The lowest BCUT2D eigenvalue weighted by atomic mass is 10.2. The topological polar surface area (TPSA) is 83.6 Å². The van der Waals surface area contributed by atoms with Crippen LogP contribution in [0.25, 0.3) is 22.3 Å². The summed E-state index contributed by atoms with van der Waals surface area (Å²) in [6.07, 6.45) is 1.71. The van der Waals surface area contributed by atoms with Gasteiger partial charge in [-0.2, -0.15) is 0 Å². The van der Waals surface area contributed by atoms with E-state index in [9.17, 15) is 9.18 Å². The van der Waals surface area contributed by atoms with Crippen LogP contribution < -0.4 is 5.32 Å². The van der Waals surface area contributed by atoms with Gasteiger partial charge in [0.05, 0.1) is 22.0 Å². The second-order valence-corrected chi connectivity index (χ2v) is 7.38. The first-order valence-electron chi connectivity index (χ1n) is 8.60. The molecule has 0 radical (unpaired) electrons. The van der Waals surface area contributed by atoms with Gasteiger partial charge in [-0.25, -0.2) is 9.37 Å². The number of hydrogen-bond acceptors (Lipinski definition) is 5. The van der Waals surface area contributed by atoms with Gasteiger partial charge in [-0.05, 0) is 43.3 Å². The number of nitrogens with one attached hydrogen (secondary N) is 2. The Kier molecular flexibility index (Phi) is 5.03. The first-order valence-corrected chi connectivity index (χ1v) is 9.48. The molecule has 4 rings (SSSR count). The Morgan fingerprint density at radius 2 is 2.00 bits per heavy atom. The molecule has 140 valence electrons. The molecule has 1 atom stereocenters. The molecule has 28 heavy (non-hydrogen) atoms. The van der Waals surface area contributed by atoms with E-state index in [1.54, 1.807) is 31.3 Å². The number of amides is 1. The molecule has 0 bridgehead atoms. The molecule has 1 unspecified atom stereocenters. The number of carbonyl (C=O) groups excluding carboxylic acids is 1. The molecular formula is C20H16FN5OS. The van der Waals surface area contributed by atoms with E-state index in [-0.39, 0.29) is 11.7 Å². The SMILES string of the molecule is CC(Sc1n[nH]c(-c2ccccc2F)n1)C(=O)Nc1cccc2ncccc12. The van der Waals surface area contributed by atoms with Gasteiger partial charge in [0, 0.05) is 11.6 Å². The zero-order valence-electron chi connectivity index (χ0n) is 14.9. The fourth-order valence-electron chi connectivity index (χ4n) is 2.73. The van der Waals surface area contributed by atoms with Gasteiger partial charge in [0.15, 0.2) is 5.82 Å². The fraction of sp³-hybridized carbons (Fsp3) is 0.100. The maximum atomic E-state index is 13.9. The van der Waals surface area contributed by atoms with E-state index in [1.165, 1.54) is 17.8 Å². The molecule has 0 saturated heterocycles. The van der Waals surface area contributed by atoms with E-state index < -0.39 is 5.25 Å². The molecule has 2 aromatic carbocycles. The third-order valence-electron chi connectivity index (χ3n) is 4.15. The van der Waals surface area contributed by atoms with Crippen LogP contribution in [0.15, 0.2) is 66.0 Å². The van der Waals surface area contributed by atoms with Crippen LogP contribution in [0.3, 0.4) is 0 Å². The molecule has 0 spiro atoms. The standard InChI is InChI=1S/C20H16FN5OS/c1-12(19(27)23-17-10-4-9-16-14(17)7-5-11-22-16)28-20-24-18(25-26-20)13-6-2-3-8-15(13)21/h2-12H,1H3,(H,23,27)(H,24,25,26). The van der Waals surface area contributed by atoms with Crippen molar-refractivity contribution in [3.8, 4) is 11.4 Å². The van der Waals surface area contributed by atoms with Crippen LogP contribution in [-0.2, 0) is 4.79 Å². The molecule has 4 aromatic rings. The number of nitrogens with zero attached hydrogens (tertiary/aromatic N) is 3. The second kappa shape index (κ2) is 7.77. The number of aromatic nitrogens is 4. The molecule has 0 saturated carbocycles. The molecule has 2 N–H and O–H groups in total. The molecule has 6 nitrogen and oxygen atoms in total. The van der Waals surface area contributed by atoms with Gasteiger partial charge in [-0.3, -0.25) is 14.9 Å². The molecule has 0 aliphatic carbocycles. The smallest absolute Gasteiger partial charge is 0.237 e. The van der Waals surface area contributed by atoms with Crippen LogP contribution in [-0.4, -0.2) is 31.3 Å². The lowest BCUT2D eigenvalue weighted by Crippen LogP contribution is -2.22. The quantitative estimate of drug-likeness (QED) is 0.495. The molecule has 8 heteroatoms. The molecular weight excluding hydrogens is 377 g/mol. The summed E-state index contributed by atoms with van der Waals surface area (Å²) in [6.45, 7) is 1.77. The maximum absolute atomic E-state index is 13.9. The first-order chi connectivity index (χ1) is 13.6. The number of halogens is 1. The van der Waals surface area contributed by atoms with E-state index in [4.69, 9.17) is 0 Å². The van der Waals surface area contributed by atoms with Gasteiger partial charge in [0.2, 0.25) is 11.1 Å². The lowest BCUT2D eigenvalue weighted by Gasteiger charge is -2.12. The average Bonchev–Trinajstić information content (AvgIpc) is 3.16. The third-order valence-corrected chi connectivity index (χ3v) is 5.11. The minimum atomic E-state index is -0.448. The van der Waals surface area contributed by atoms with E-state index in [2.05, 4.69) is 25.5 Å². The third kappa shape index (κ3) is 3.72. The van der Waals surface area contributed by atoms with Crippen molar-refractivity contribution in [2.75, 3.05) is 5.32 Å². The minimum absolute atomic E-state index is 0.182. The number of benzene rings is 2. The Morgan fingerprint density at radius 3 is 2.86 bits per heavy atom. The average molecular weight is 393 g/mol. The van der Waals surface area contributed by atoms with Crippen molar-refractivity contribution in [3.05, 3.63) is 66.6 Å². The zero-order valence-corrected chi connectivity index (χ0v) is 15.7. The van der Waals surface area contributed by atoms with Gasteiger partial charge in [-0.15, -0.1) is 5.10 Å². The fourth-order valence-corrected chi connectivity index (χ4v) is 3.46. The van der Waals surface area contributed by atoms with Crippen LogP contribution in [0.2, 0.25) is 0 Å². The molecule has 1 amide bonds. The summed E-state index contributed by atoms with van der Waals surface area (Å²) in [5.41, 5.74) is 1.84. The Morgan fingerprint density at radius 1 is 1.14 bits per heavy atom. The normalized spacial score (nSPS) is 12.1. The highest BCUT2D eigenvalue weighted by molar-refractivity contribution is 8.00. The number of H-pyrrole nitrogens is 1. The van der Waals surface area contributed by atoms with Gasteiger partial charge in [0.25, 0.3) is 0 Å². The van der Waals surface area contributed by atoms with Crippen molar-refractivity contribution in [3.63, 3.8) is 0 Å². The largest absolute Gasteiger partial charge is 0.324 e. The Balaban J connectivity index is 1.47. The van der Waals surface area contributed by atoms with Crippen LogP contribution in [0, 0.1) is 5.82 Å². The second-order valence-electron chi connectivity index (χ2n) is 6.07. The lowest BCUT2D eigenvalue weighted by molar-refractivity contribution is -0.115. The van der Waals surface area contributed by atoms with Crippen molar-refractivity contribution in [2.45, 2.75) is 17.3 Å². The highest BCUT2D eigenvalue weighted by Crippen LogP contribution is 2.26. The minimum Gasteiger partial charge on any atom is -0.324 e. The van der Waals surface area contributed by atoms with Gasteiger partial charge < -0.3 is 5.32 Å². The van der Waals surface area contributed by atoms with E-state index in [0.29, 0.717) is 22.2 Å². The van der Waals surface area contributed by atoms with Crippen LogP contribution in [0.5, 0.6) is 0 Å². The summed E-state index contributed by atoms with van der Waals surface area (Å²) in [6, 6.07) is 15.6. The Hall–Kier alpha value is -3.26.